The predicted molar refractivity (Wildman–Crippen MR) is 40.6 cm³/mol. The van der Waals surface area contributed by atoms with Crippen molar-refractivity contribution in [3.63, 3.8) is 0 Å². The summed E-state index contributed by atoms with van der Waals surface area (Å²) in [6.07, 6.45) is 2.61. The Balaban J connectivity index is 0. The van der Waals surface area contributed by atoms with E-state index in [1.165, 1.54) is 0 Å². The second kappa shape index (κ2) is 10.6. The summed E-state index contributed by atoms with van der Waals surface area (Å²) in [7, 11) is 6.00. The number of rotatable bonds is 2. The van der Waals surface area contributed by atoms with Crippen LogP contribution >= 0.6 is 0 Å². The van der Waals surface area contributed by atoms with E-state index in [2.05, 4.69) is 0 Å². The molecule has 0 aliphatic carbocycles. The van der Waals surface area contributed by atoms with Gasteiger partial charge in [0.1, 0.15) is 6.29 Å². The zero-order valence-corrected chi connectivity index (χ0v) is 6.85. The molecule has 0 fully saturated rings. The van der Waals surface area contributed by atoms with Crippen LogP contribution in [0.2, 0.25) is 0 Å². The van der Waals surface area contributed by atoms with Gasteiger partial charge in [-0.1, -0.05) is 6.92 Å². The van der Waals surface area contributed by atoms with Crippen molar-refractivity contribution in [3.05, 3.63) is 0 Å². The Labute approximate surface area is 57.9 Å². The van der Waals surface area contributed by atoms with E-state index in [9.17, 15) is 4.79 Å². The van der Waals surface area contributed by atoms with Gasteiger partial charge in [0.2, 0.25) is 0 Å². The van der Waals surface area contributed by atoms with Crippen molar-refractivity contribution in [1.82, 2.24) is 4.90 Å². The molecule has 0 aliphatic rings. The summed E-state index contributed by atoms with van der Waals surface area (Å²) in [4.78, 5) is 11.4. The average molecular weight is 131 g/mol. The standard InChI is InChI=1S/C4H8O.C3H9N/c1-2-3-4-5;1-4(2)3/h4H,2-3H2,1H3;1-3H3. The molecule has 0 saturated carbocycles. The Kier molecular flexibility index (Phi) is 13.4. The quantitative estimate of drug-likeness (QED) is 0.524. The van der Waals surface area contributed by atoms with Gasteiger partial charge in [-0.3, -0.25) is 0 Å². The molecule has 0 heterocycles. The van der Waals surface area contributed by atoms with E-state index in [0.29, 0.717) is 6.42 Å². The summed E-state index contributed by atoms with van der Waals surface area (Å²) < 4.78 is 0. The van der Waals surface area contributed by atoms with Crippen molar-refractivity contribution >= 4 is 6.29 Å². The third kappa shape index (κ3) is 91.0. The molecule has 0 aromatic heterocycles. The van der Waals surface area contributed by atoms with Gasteiger partial charge in [-0.2, -0.15) is 0 Å². The molecule has 0 amide bonds. The zero-order valence-electron chi connectivity index (χ0n) is 6.85. The van der Waals surface area contributed by atoms with Gasteiger partial charge < -0.3 is 9.69 Å². The molecular formula is C7H17NO. The second-order valence-electron chi connectivity index (χ2n) is 2.30. The molecule has 0 unspecified atom stereocenters. The van der Waals surface area contributed by atoms with Gasteiger partial charge in [0.05, 0.1) is 0 Å². The van der Waals surface area contributed by atoms with Crippen LogP contribution in [0.4, 0.5) is 0 Å². The topological polar surface area (TPSA) is 20.3 Å². The minimum Gasteiger partial charge on any atom is -0.312 e. The highest BCUT2D eigenvalue weighted by Gasteiger charge is 1.66. The molecule has 0 N–H and O–H groups in total. The summed E-state index contributed by atoms with van der Waals surface area (Å²) in [5.41, 5.74) is 0. The van der Waals surface area contributed by atoms with E-state index in [1.807, 2.05) is 33.0 Å². The van der Waals surface area contributed by atoms with Crippen LogP contribution in [-0.2, 0) is 4.79 Å². The fraction of sp³-hybridized carbons (Fsp3) is 0.857. The summed E-state index contributed by atoms with van der Waals surface area (Å²) in [6, 6.07) is 0. The maximum atomic E-state index is 9.40. The highest BCUT2D eigenvalue weighted by Crippen LogP contribution is 1.74. The molecule has 0 rings (SSSR count). The summed E-state index contributed by atoms with van der Waals surface area (Å²) >= 11 is 0. The highest BCUT2D eigenvalue weighted by molar-refractivity contribution is 5.48. The van der Waals surface area contributed by atoms with Crippen LogP contribution in [0.1, 0.15) is 19.8 Å². The third-order valence-electron chi connectivity index (χ3n) is 0.407. The van der Waals surface area contributed by atoms with Crippen molar-refractivity contribution < 1.29 is 4.79 Å². The molecule has 2 nitrogen and oxygen atoms in total. The number of hydrogen-bond acceptors (Lipinski definition) is 2. The van der Waals surface area contributed by atoms with Crippen molar-refractivity contribution in [3.8, 4) is 0 Å². The second-order valence-corrected chi connectivity index (χ2v) is 2.30. The van der Waals surface area contributed by atoms with E-state index in [4.69, 9.17) is 0 Å². The minimum absolute atomic E-state index is 0.708. The summed E-state index contributed by atoms with van der Waals surface area (Å²) in [5, 5.41) is 0. The molecule has 0 radical (unpaired) electrons. The van der Waals surface area contributed by atoms with Gasteiger partial charge in [0.15, 0.2) is 0 Å². The first-order valence-corrected chi connectivity index (χ1v) is 3.19. The molecule has 56 valence electrons. The first-order valence-electron chi connectivity index (χ1n) is 3.19. The van der Waals surface area contributed by atoms with E-state index in [-0.39, 0.29) is 0 Å². The lowest BCUT2D eigenvalue weighted by Crippen LogP contribution is -1.99. The van der Waals surface area contributed by atoms with Crippen LogP contribution in [0, 0.1) is 0 Å². The Morgan fingerprint density at radius 3 is 1.67 bits per heavy atom. The van der Waals surface area contributed by atoms with Crippen molar-refractivity contribution in [2.45, 2.75) is 19.8 Å². The molecular weight excluding hydrogens is 114 g/mol. The Bertz CT molecular complexity index is 50.1. The minimum atomic E-state index is 0.708. The van der Waals surface area contributed by atoms with Gasteiger partial charge in [-0.25, -0.2) is 0 Å². The summed E-state index contributed by atoms with van der Waals surface area (Å²) in [6.45, 7) is 1.98. The molecule has 0 spiro atoms. The highest BCUT2D eigenvalue weighted by atomic mass is 16.1. The van der Waals surface area contributed by atoms with Crippen LogP contribution in [-0.4, -0.2) is 32.3 Å². The van der Waals surface area contributed by atoms with Gasteiger partial charge in [-0.05, 0) is 27.6 Å². The fourth-order valence-corrected chi connectivity index (χ4v) is 0.118. The lowest BCUT2D eigenvalue weighted by Gasteiger charge is -1.90. The van der Waals surface area contributed by atoms with Gasteiger partial charge >= 0.3 is 0 Å². The van der Waals surface area contributed by atoms with Crippen LogP contribution in [0.25, 0.3) is 0 Å². The third-order valence-corrected chi connectivity index (χ3v) is 0.407. The van der Waals surface area contributed by atoms with E-state index >= 15 is 0 Å². The van der Waals surface area contributed by atoms with Crippen LogP contribution < -0.4 is 0 Å². The number of unbranched alkanes of at least 4 members (excludes halogenated alkanes) is 1. The van der Waals surface area contributed by atoms with Gasteiger partial charge in [0.25, 0.3) is 0 Å². The largest absolute Gasteiger partial charge is 0.312 e. The predicted octanol–water partition coefficient (Wildman–Crippen LogP) is 1.16. The normalized spacial score (nSPS) is 8.11. The van der Waals surface area contributed by atoms with Crippen LogP contribution in [0.15, 0.2) is 0 Å². The molecule has 0 bridgehead atoms. The van der Waals surface area contributed by atoms with Crippen molar-refractivity contribution in [2.24, 2.45) is 0 Å². The molecule has 2 heteroatoms. The number of nitrogens with zero attached hydrogens (tertiary/aromatic N) is 1. The number of carbonyl (C=O) groups excluding carboxylic acids is 1. The molecule has 0 aliphatic heterocycles. The average Bonchev–Trinajstić information content (AvgIpc) is 1.66. The van der Waals surface area contributed by atoms with Gasteiger partial charge in [0, 0.05) is 6.42 Å². The van der Waals surface area contributed by atoms with Gasteiger partial charge in [-0.15, -0.1) is 0 Å². The monoisotopic (exact) mass is 131 g/mol. The molecule has 0 aromatic carbocycles. The van der Waals surface area contributed by atoms with Crippen molar-refractivity contribution in [1.29, 1.82) is 0 Å². The van der Waals surface area contributed by atoms with Crippen LogP contribution in [0.5, 0.6) is 0 Å². The molecule has 0 saturated heterocycles. The van der Waals surface area contributed by atoms with E-state index in [1.54, 1.807) is 0 Å². The van der Waals surface area contributed by atoms with E-state index < -0.39 is 0 Å². The molecule has 0 atom stereocenters. The number of aldehydes is 1. The van der Waals surface area contributed by atoms with Crippen molar-refractivity contribution in [2.75, 3.05) is 21.1 Å². The first-order chi connectivity index (χ1) is 4.15. The van der Waals surface area contributed by atoms with E-state index in [0.717, 1.165) is 12.7 Å². The lowest BCUT2D eigenvalue weighted by molar-refractivity contribution is -0.107. The Morgan fingerprint density at radius 2 is 1.67 bits per heavy atom. The summed E-state index contributed by atoms with van der Waals surface area (Å²) in [5.74, 6) is 0. The number of carbonyl (C=O) groups is 1. The number of hydrogen-bond donors (Lipinski definition) is 0. The molecule has 0 aromatic rings. The molecule has 9 heavy (non-hydrogen) atoms. The first kappa shape index (κ1) is 11.4. The smallest absolute Gasteiger partial charge is 0.119 e. The zero-order chi connectivity index (χ0) is 7.70. The Hall–Kier alpha value is -0.370. The Morgan fingerprint density at radius 1 is 1.33 bits per heavy atom. The maximum absolute atomic E-state index is 9.40. The SMILES string of the molecule is CCCC=O.CN(C)C. The van der Waals surface area contributed by atoms with Crippen LogP contribution in [0.3, 0.4) is 0 Å². The lowest BCUT2D eigenvalue weighted by atomic mass is 10.4. The fourth-order valence-electron chi connectivity index (χ4n) is 0.118. The maximum Gasteiger partial charge on any atom is 0.119 e.